The molecule has 0 unspecified atom stereocenters. The number of carbonyl (C=O) groups is 1. The van der Waals surface area contributed by atoms with Gasteiger partial charge < -0.3 is 14.8 Å². The molecule has 1 amide bonds. The van der Waals surface area contributed by atoms with E-state index < -0.39 is 10.0 Å². The molecule has 2 N–H and O–H groups in total. The van der Waals surface area contributed by atoms with E-state index in [1.54, 1.807) is 6.92 Å². The Labute approximate surface area is 171 Å². The molecule has 0 fully saturated rings. The van der Waals surface area contributed by atoms with Gasteiger partial charge in [0.05, 0.1) is 11.5 Å². The van der Waals surface area contributed by atoms with Gasteiger partial charge in [0, 0.05) is 36.2 Å². The lowest BCUT2D eigenvalue weighted by atomic mass is 10.1. The first-order chi connectivity index (χ1) is 13.8. The summed E-state index contributed by atoms with van der Waals surface area (Å²) in [5.41, 5.74) is 2.32. The summed E-state index contributed by atoms with van der Waals surface area (Å²) >= 11 is 0. The van der Waals surface area contributed by atoms with E-state index in [2.05, 4.69) is 10.0 Å². The molecule has 0 aromatic heterocycles. The number of amides is 1. The molecule has 0 spiro atoms. The highest BCUT2D eigenvalue weighted by Crippen LogP contribution is 2.35. The zero-order valence-electron chi connectivity index (χ0n) is 16.8. The van der Waals surface area contributed by atoms with Crippen LogP contribution in [0.25, 0.3) is 0 Å². The van der Waals surface area contributed by atoms with Gasteiger partial charge in [-0.3, -0.25) is 4.79 Å². The van der Waals surface area contributed by atoms with Crippen molar-refractivity contribution in [1.29, 1.82) is 0 Å². The Morgan fingerprint density at radius 3 is 2.59 bits per heavy atom. The third-order valence-electron chi connectivity index (χ3n) is 4.58. The molecule has 1 aliphatic rings. The quantitative estimate of drug-likeness (QED) is 0.687. The topological polar surface area (TPSA) is 93.7 Å². The van der Waals surface area contributed by atoms with Gasteiger partial charge in [0.1, 0.15) is 17.6 Å². The average molecular weight is 419 g/mol. The summed E-state index contributed by atoms with van der Waals surface area (Å²) in [6.07, 6.45) is 0.964. The second kappa shape index (κ2) is 8.84. The summed E-state index contributed by atoms with van der Waals surface area (Å²) in [5, 5.41) is 2.86. The van der Waals surface area contributed by atoms with Crippen molar-refractivity contribution in [3.8, 4) is 11.5 Å². The van der Waals surface area contributed by atoms with Crippen LogP contribution in [0.15, 0.2) is 41.3 Å². The van der Waals surface area contributed by atoms with Crippen LogP contribution < -0.4 is 19.5 Å². The average Bonchev–Trinajstić information content (AvgIpc) is 3.05. The Bertz CT molecular complexity index is 987. The van der Waals surface area contributed by atoms with Crippen molar-refractivity contribution in [3.63, 3.8) is 0 Å². The highest BCUT2D eigenvalue weighted by Gasteiger charge is 2.22. The molecule has 0 bridgehead atoms. The summed E-state index contributed by atoms with van der Waals surface area (Å²) < 4.78 is 38.0. The predicted octanol–water partition coefficient (Wildman–Crippen LogP) is 2.64. The molecule has 2 aromatic rings. The fraction of sp³-hybridized carbons (Fsp3) is 0.381. The van der Waals surface area contributed by atoms with Crippen LogP contribution in [0, 0.1) is 0 Å². The van der Waals surface area contributed by atoms with E-state index in [-0.39, 0.29) is 23.5 Å². The van der Waals surface area contributed by atoms with Crippen molar-refractivity contribution in [3.05, 3.63) is 53.1 Å². The smallest absolute Gasteiger partial charge is 0.251 e. The molecule has 156 valence electrons. The molecule has 0 saturated heterocycles. The molecular weight excluding hydrogens is 392 g/mol. The normalized spacial score (nSPS) is 15.5. The Morgan fingerprint density at radius 1 is 1.21 bits per heavy atom. The van der Waals surface area contributed by atoms with E-state index in [4.69, 9.17) is 9.47 Å². The van der Waals surface area contributed by atoms with Crippen molar-refractivity contribution >= 4 is 15.9 Å². The number of benzene rings is 2. The zero-order chi connectivity index (χ0) is 21.0. The Balaban J connectivity index is 1.71. The molecule has 8 heteroatoms. The van der Waals surface area contributed by atoms with Gasteiger partial charge >= 0.3 is 0 Å². The number of sulfonamides is 1. The van der Waals surface area contributed by atoms with E-state index in [0.29, 0.717) is 18.7 Å². The molecule has 0 aliphatic carbocycles. The molecular formula is C21H26N2O5S. The Hall–Kier alpha value is -2.58. The monoisotopic (exact) mass is 418 g/mol. The Kier molecular flexibility index (Phi) is 6.44. The molecule has 0 saturated carbocycles. The van der Waals surface area contributed by atoms with E-state index in [9.17, 15) is 13.2 Å². The second-order valence-corrected chi connectivity index (χ2v) is 8.61. The molecule has 29 heavy (non-hydrogen) atoms. The van der Waals surface area contributed by atoms with Gasteiger partial charge in [0.15, 0.2) is 0 Å². The minimum atomic E-state index is -3.54. The van der Waals surface area contributed by atoms with Crippen LogP contribution in [0.5, 0.6) is 11.5 Å². The molecule has 3 rings (SSSR count). The van der Waals surface area contributed by atoms with E-state index >= 15 is 0 Å². The lowest BCUT2D eigenvalue weighted by molar-refractivity contribution is 0.0950. The third kappa shape index (κ3) is 4.89. The minimum absolute atomic E-state index is 0.124. The van der Waals surface area contributed by atoms with Crippen LogP contribution in [0.4, 0.5) is 0 Å². The molecule has 1 heterocycles. The van der Waals surface area contributed by atoms with E-state index in [0.717, 1.165) is 29.0 Å². The fourth-order valence-corrected chi connectivity index (χ4v) is 4.29. The number of nitrogens with one attached hydrogen (secondary N) is 2. The van der Waals surface area contributed by atoms with Gasteiger partial charge in [-0.25, -0.2) is 13.1 Å². The van der Waals surface area contributed by atoms with Gasteiger partial charge in [-0.15, -0.1) is 0 Å². The summed E-state index contributed by atoms with van der Waals surface area (Å²) in [7, 11) is -3.54. The second-order valence-electron chi connectivity index (χ2n) is 6.84. The van der Waals surface area contributed by atoms with Crippen molar-refractivity contribution in [1.82, 2.24) is 10.0 Å². The van der Waals surface area contributed by atoms with Gasteiger partial charge in [0.25, 0.3) is 5.91 Å². The van der Waals surface area contributed by atoms with Crippen molar-refractivity contribution < 1.29 is 22.7 Å². The van der Waals surface area contributed by atoms with Crippen LogP contribution in [0.3, 0.4) is 0 Å². The zero-order valence-corrected chi connectivity index (χ0v) is 17.6. The number of carbonyl (C=O) groups excluding carboxylic acids is 1. The summed E-state index contributed by atoms with van der Waals surface area (Å²) in [6.45, 7) is 6.74. The van der Waals surface area contributed by atoms with E-state index in [1.165, 1.54) is 24.3 Å². The molecule has 1 aliphatic heterocycles. The summed E-state index contributed by atoms with van der Waals surface area (Å²) in [5.74, 6) is 1.26. The van der Waals surface area contributed by atoms with Crippen molar-refractivity contribution in [2.45, 2.75) is 44.7 Å². The molecule has 1 atom stereocenters. The van der Waals surface area contributed by atoms with Gasteiger partial charge in [0.2, 0.25) is 10.0 Å². The maximum Gasteiger partial charge on any atom is 0.251 e. The van der Waals surface area contributed by atoms with Crippen molar-refractivity contribution in [2.75, 3.05) is 13.2 Å². The lowest BCUT2D eigenvalue weighted by Crippen LogP contribution is -2.24. The van der Waals surface area contributed by atoms with Crippen LogP contribution in [0.2, 0.25) is 0 Å². The number of ether oxygens (including phenoxy) is 2. The SMILES string of the molecule is CCNS(=O)(=O)c1ccc(C(=O)NCc2cc3c(cc2OCC)C[C@H](C)O3)cc1. The maximum absolute atomic E-state index is 12.5. The van der Waals surface area contributed by atoms with Gasteiger partial charge in [-0.05, 0) is 50.2 Å². The molecule has 2 aromatic carbocycles. The highest BCUT2D eigenvalue weighted by atomic mass is 32.2. The van der Waals surface area contributed by atoms with Crippen molar-refractivity contribution in [2.24, 2.45) is 0 Å². The van der Waals surface area contributed by atoms with Crippen LogP contribution in [-0.4, -0.2) is 33.6 Å². The van der Waals surface area contributed by atoms with Crippen LogP contribution in [-0.2, 0) is 23.0 Å². The number of hydrogen-bond donors (Lipinski definition) is 2. The third-order valence-corrected chi connectivity index (χ3v) is 6.14. The largest absolute Gasteiger partial charge is 0.494 e. The number of hydrogen-bond acceptors (Lipinski definition) is 5. The highest BCUT2D eigenvalue weighted by molar-refractivity contribution is 7.89. The predicted molar refractivity (Wildman–Crippen MR) is 110 cm³/mol. The van der Waals surface area contributed by atoms with Crippen LogP contribution in [0.1, 0.15) is 42.3 Å². The minimum Gasteiger partial charge on any atom is -0.494 e. The van der Waals surface area contributed by atoms with Gasteiger partial charge in [-0.1, -0.05) is 6.92 Å². The first kappa shape index (κ1) is 21.1. The fourth-order valence-electron chi connectivity index (χ4n) is 3.25. The van der Waals surface area contributed by atoms with Crippen LogP contribution >= 0.6 is 0 Å². The van der Waals surface area contributed by atoms with Gasteiger partial charge in [-0.2, -0.15) is 0 Å². The summed E-state index contributed by atoms with van der Waals surface area (Å²) in [6, 6.07) is 9.72. The first-order valence-corrected chi connectivity index (χ1v) is 11.2. The number of rotatable bonds is 8. The maximum atomic E-state index is 12.5. The number of fused-ring (bicyclic) bond motifs is 1. The molecule has 0 radical (unpaired) electrons. The summed E-state index contributed by atoms with van der Waals surface area (Å²) in [4.78, 5) is 12.6. The Morgan fingerprint density at radius 2 is 1.93 bits per heavy atom. The lowest BCUT2D eigenvalue weighted by Gasteiger charge is -2.13. The first-order valence-electron chi connectivity index (χ1n) is 9.67. The standard InChI is InChI=1S/C21H26N2O5S/c1-4-23-29(25,26)18-8-6-15(7-9-18)21(24)22-13-17-12-20-16(10-14(3)28-20)11-19(17)27-5-2/h6-9,11-12,14,23H,4-5,10,13H2,1-3H3,(H,22,24)/t14-/m0/s1. The molecule has 7 nitrogen and oxygen atoms in total. The van der Waals surface area contributed by atoms with E-state index in [1.807, 2.05) is 26.0 Å².